The first-order valence-electron chi connectivity index (χ1n) is 8.98. The Labute approximate surface area is 168 Å². The van der Waals surface area contributed by atoms with Crippen LogP contribution in [0.15, 0.2) is 46.1 Å². The molecular weight excluding hydrogens is 374 g/mol. The van der Waals surface area contributed by atoms with Crippen LogP contribution in [0.2, 0.25) is 0 Å². The zero-order valence-corrected chi connectivity index (χ0v) is 17.0. The third kappa shape index (κ3) is 3.92. The largest absolute Gasteiger partial charge is 0.497 e. The van der Waals surface area contributed by atoms with Crippen molar-refractivity contribution >= 4 is 23.5 Å². The van der Waals surface area contributed by atoms with Crippen LogP contribution in [0.4, 0.5) is 0 Å². The zero-order valence-electron chi connectivity index (χ0n) is 16.2. The van der Waals surface area contributed by atoms with Gasteiger partial charge in [-0.1, -0.05) is 37.7 Å². The Balaban J connectivity index is 2.13. The van der Waals surface area contributed by atoms with Crippen molar-refractivity contribution in [3.8, 4) is 11.8 Å². The molecule has 0 saturated carbocycles. The van der Waals surface area contributed by atoms with Crippen LogP contribution in [0.3, 0.4) is 0 Å². The maximum Gasteiger partial charge on any atom is 0.227 e. The normalized spacial score (nSPS) is 20.9. The van der Waals surface area contributed by atoms with Crippen molar-refractivity contribution in [1.29, 1.82) is 5.26 Å². The van der Waals surface area contributed by atoms with Gasteiger partial charge >= 0.3 is 0 Å². The van der Waals surface area contributed by atoms with E-state index in [-0.39, 0.29) is 17.0 Å². The van der Waals surface area contributed by atoms with Gasteiger partial charge in [-0.25, -0.2) is 0 Å². The second kappa shape index (κ2) is 7.72. The maximum absolute atomic E-state index is 13.0. The fraction of sp³-hybridized carbons (Fsp3) is 0.381. The van der Waals surface area contributed by atoms with E-state index < -0.39 is 11.8 Å². The van der Waals surface area contributed by atoms with Crippen LogP contribution < -0.4 is 15.8 Å². The molecule has 3 rings (SSSR count). The lowest BCUT2D eigenvalue weighted by Crippen LogP contribution is -2.37. The SMILES string of the molecule is COc1ccc([C@H]2C(C#N)=C(SCC(N)=O)NC3=C2C(=O)CC(C)(C)C3)cc1. The zero-order chi connectivity index (χ0) is 20.5. The van der Waals surface area contributed by atoms with E-state index in [0.717, 1.165) is 11.3 Å². The number of hydrogen-bond acceptors (Lipinski definition) is 6. The number of carbonyl (C=O) groups is 2. The van der Waals surface area contributed by atoms with Crippen LogP contribution in [0.25, 0.3) is 0 Å². The second-order valence-electron chi connectivity index (χ2n) is 7.77. The van der Waals surface area contributed by atoms with Crippen molar-refractivity contribution in [3.63, 3.8) is 0 Å². The summed E-state index contributed by atoms with van der Waals surface area (Å²) in [6, 6.07) is 9.65. The molecule has 1 aliphatic heterocycles. The van der Waals surface area contributed by atoms with Crippen LogP contribution in [0.5, 0.6) is 5.75 Å². The average molecular weight is 398 g/mol. The van der Waals surface area contributed by atoms with Gasteiger partial charge in [0.25, 0.3) is 0 Å². The Kier molecular flexibility index (Phi) is 5.52. The number of primary amides is 1. The Morgan fingerprint density at radius 1 is 1.36 bits per heavy atom. The highest BCUT2D eigenvalue weighted by molar-refractivity contribution is 8.03. The number of methoxy groups -OCH3 is 1. The van der Waals surface area contributed by atoms with E-state index in [1.165, 1.54) is 11.8 Å². The number of dihydropyridines is 1. The predicted octanol–water partition coefficient (Wildman–Crippen LogP) is 2.98. The lowest BCUT2D eigenvalue weighted by atomic mass is 9.69. The number of nitrogens with zero attached hydrogens (tertiary/aromatic N) is 1. The molecule has 0 bridgehead atoms. The van der Waals surface area contributed by atoms with Gasteiger partial charge in [-0.05, 0) is 29.5 Å². The molecule has 146 valence electrons. The molecule has 1 atom stereocenters. The molecule has 0 spiro atoms. The number of nitrogens with one attached hydrogen (secondary N) is 1. The number of hydrogen-bond donors (Lipinski definition) is 2. The third-order valence-electron chi connectivity index (χ3n) is 4.93. The number of nitrogens with two attached hydrogens (primary N) is 1. The molecule has 3 N–H and O–H groups in total. The minimum atomic E-state index is -0.467. The second-order valence-corrected chi connectivity index (χ2v) is 8.76. The Morgan fingerprint density at radius 3 is 2.61 bits per heavy atom. The molecule has 1 aliphatic carbocycles. The summed E-state index contributed by atoms with van der Waals surface area (Å²) in [5.74, 6) is -0.119. The van der Waals surface area contributed by atoms with Gasteiger partial charge in [0.15, 0.2) is 5.78 Å². The Morgan fingerprint density at radius 2 is 2.04 bits per heavy atom. The number of benzene rings is 1. The summed E-state index contributed by atoms with van der Waals surface area (Å²) in [5.41, 5.74) is 7.88. The highest BCUT2D eigenvalue weighted by Gasteiger charge is 2.41. The number of rotatable bonds is 5. The molecular formula is C21H23N3O3S. The molecule has 1 heterocycles. The highest BCUT2D eigenvalue weighted by Crippen LogP contribution is 2.47. The Hall–Kier alpha value is -2.72. The van der Waals surface area contributed by atoms with Crippen LogP contribution in [-0.4, -0.2) is 24.6 Å². The van der Waals surface area contributed by atoms with Crippen LogP contribution in [0.1, 0.15) is 38.2 Å². The Bertz CT molecular complexity index is 923. The summed E-state index contributed by atoms with van der Waals surface area (Å²) in [7, 11) is 1.59. The molecule has 0 aromatic heterocycles. The van der Waals surface area contributed by atoms with Crippen molar-refractivity contribution in [2.75, 3.05) is 12.9 Å². The molecule has 0 fully saturated rings. The van der Waals surface area contributed by atoms with Crippen molar-refractivity contribution in [2.24, 2.45) is 11.1 Å². The van der Waals surface area contributed by atoms with Crippen molar-refractivity contribution in [1.82, 2.24) is 5.32 Å². The molecule has 0 saturated heterocycles. The van der Waals surface area contributed by atoms with Crippen LogP contribution in [0, 0.1) is 16.7 Å². The van der Waals surface area contributed by atoms with E-state index in [0.29, 0.717) is 34.8 Å². The van der Waals surface area contributed by atoms with Gasteiger partial charge < -0.3 is 15.8 Å². The summed E-state index contributed by atoms with van der Waals surface area (Å²) in [6.45, 7) is 4.11. The lowest BCUT2D eigenvalue weighted by molar-refractivity contribution is -0.118. The summed E-state index contributed by atoms with van der Waals surface area (Å²) in [4.78, 5) is 24.3. The molecule has 28 heavy (non-hydrogen) atoms. The van der Waals surface area contributed by atoms with E-state index >= 15 is 0 Å². The van der Waals surface area contributed by atoms with Gasteiger partial charge in [0.05, 0.1) is 35.5 Å². The number of allylic oxidation sites excluding steroid dienone is 3. The highest BCUT2D eigenvalue weighted by atomic mass is 32.2. The summed E-state index contributed by atoms with van der Waals surface area (Å²) >= 11 is 1.20. The number of carbonyl (C=O) groups excluding carboxylic acids is 2. The molecule has 2 aliphatic rings. The van der Waals surface area contributed by atoms with Crippen molar-refractivity contribution in [3.05, 3.63) is 51.7 Å². The average Bonchev–Trinajstić information content (AvgIpc) is 2.64. The third-order valence-corrected chi connectivity index (χ3v) is 5.97. The number of ketones is 1. The molecule has 0 unspecified atom stereocenters. The summed E-state index contributed by atoms with van der Waals surface area (Å²) in [6.07, 6.45) is 1.13. The smallest absolute Gasteiger partial charge is 0.227 e. The fourth-order valence-electron chi connectivity index (χ4n) is 3.76. The standard InChI is InChI=1S/C21H23N3O3S/c1-21(2)8-15-19(16(25)9-21)18(12-4-6-13(27-3)7-5-12)14(10-22)20(24-15)28-11-17(23)26/h4-7,18,24H,8-9,11H2,1-3H3,(H2,23,26)/t18-/m0/s1. The van der Waals surface area contributed by atoms with Gasteiger partial charge in [0.1, 0.15) is 5.75 Å². The van der Waals surface area contributed by atoms with E-state index in [4.69, 9.17) is 10.5 Å². The minimum Gasteiger partial charge on any atom is -0.497 e. The van der Waals surface area contributed by atoms with E-state index in [2.05, 4.69) is 25.2 Å². The van der Waals surface area contributed by atoms with Gasteiger partial charge in [-0.15, -0.1) is 0 Å². The monoisotopic (exact) mass is 397 g/mol. The number of ether oxygens (including phenoxy) is 1. The quantitative estimate of drug-likeness (QED) is 0.791. The first kappa shape index (κ1) is 20.0. The van der Waals surface area contributed by atoms with Gasteiger partial charge in [-0.3, -0.25) is 9.59 Å². The van der Waals surface area contributed by atoms with E-state index in [1.807, 2.05) is 24.3 Å². The van der Waals surface area contributed by atoms with E-state index in [1.54, 1.807) is 7.11 Å². The summed E-state index contributed by atoms with van der Waals surface area (Å²) in [5, 5.41) is 13.8. The van der Waals surface area contributed by atoms with Crippen LogP contribution in [-0.2, 0) is 9.59 Å². The van der Waals surface area contributed by atoms with E-state index in [9.17, 15) is 14.9 Å². The number of Topliss-reactive ketones (excluding diaryl/α,β-unsaturated/α-hetero) is 1. The molecule has 1 aromatic carbocycles. The number of thioether (sulfide) groups is 1. The van der Waals surface area contributed by atoms with Crippen LogP contribution >= 0.6 is 11.8 Å². The topological polar surface area (TPSA) is 105 Å². The molecule has 1 amide bonds. The molecule has 1 aromatic rings. The number of nitriles is 1. The van der Waals surface area contributed by atoms with Gasteiger partial charge in [0, 0.05) is 17.7 Å². The first-order chi connectivity index (χ1) is 13.3. The fourth-order valence-corrected chi connectivity index (χ4v) is 4.56. The molecule has 6 nitrogen and oxygen atoms in total. The lowest BCUT2D eigenvalue weighted by Gasteiger charge is -2.39. The molecule has 0 radical (unpaired) electrons. The van der Waals surface area contributed by atoms with Crippen molar-refractivity contribution < 1.29 is 14.3 Å². The molecule has 7 heteroatoms. The number of amides is 1. The minimum absolute atomic E-state index is 0.0475. The summed E-state index contributed by atoms with van der Waals surface area (Å²) < 4.78 is 5.23. The van der Waals surface area contributed by atoms with Gasteiger partial charge in [0.2, 0.25) is 5.91 Å². The predicted molar refractivity (Wildman–Crippen MR) is 108 cm³/mol. The van der Waals surface area contributed by atoms with Crippen molar-refractivity contribution in [2.45, 2.75) is 32.6 Å². The maximum atomic E-state index is 13.0. The van der Waals surface area contributed by atoms with Gasteiger partial charge in [-0.2, -0.15) is 5.26 Å². The first-order valence-corrected chi connectivity index (χ1v) is 9.97.